The summed E-state index contributed by atoms with van der Waals surface area (Å²) in [6, 6.07) is 0.310. The molecule has 2 atom stereocenters. The second kappa shape index (κ2) is 6.74. The number of halogens is 2. The second-order valence-corrected chi connectivity index (χ2v) is 6.97. The lowest BCUT2D eigenvalue weighted by atomic mass is 9.80. The Morgan fingerprint density at radius 1 is 1.46 bits per heavy atom. The Balaban J connectivity index is 1.45. The number of likely N-dealkylation sites (tertiary alicyclic amines) is 1. The van der Waals surface area contributed by atoms with Gasteiger partial charge in [0.2, 0.25) is 17.7 Å². The summed E-state index contributed by atoms with van der Waals surface area (Å²) in [5, 5.41) is 6.91. The molecule has 2 fully saturated rings. The number of aromatic nitrogens is 2. The molecule has 6 nitrogen and oxygen atoms in total. The SMILES string of the molecule is CCc1nc(CN2CCC(NC(=O)C3CC(F)(F)C3)CC2C)no1. The molecule has 2 heterocycles. The number of aryl methyl sites for hydroxylation is 1. The molecule has 0 radical (unpaired) electrons. The van der Waals surface area contributed by atoms with Gasteiger partial charge >= 0.3 is 0 Å². The van der Waals surface area contributed by atoms with E-state index in [-0.39, 0.29) is 30.8 Å². The summed E-state index contributed by atoms with van der Waals surface area (Å²) in [4.78, 5) is 18.6. The molecule has 1 aliphatic heterocycles. The fourth-order valence-electron chi connectivity index (χ4n) is 3.43. The smallest absolute Gasteiger partial charge is 0.249 e. The number of alkyl halides is 2. The highest BCUT2D eigenvalue weighted by atomic mass is 19.3. The van der Waals surface area contributed by atoms with Crippen molar-refractivity contribution in [3.63, 3.8) is 0 Å². The van der Waals surface area contributed by atoms with Crippen LogP contribution in [0.1, 0.15) is 51.2 Å². The van der Waals surface area contributed by atoms with Gasteiger partial charge in [0.15, 0.2) is 5.82 Å². The van der Waals surface area contributed by atoms with E-state index in [0.29, 0.717) is 18.3 Å². The molecule has 1 N–H and O–H groups in total. The van der Waals surface area contributed by atoms with Crippen LogP contribution in [-0.2, 0) is 17.8 Å². The Morgan fingerprint density at radius 3 is 2.79 bits per heavy atom. The van der Waals surface area contributed by atoms with Crippen molar-refractivity contribution in [2.45, 2.75) is 70.5 Å². The van der Waals surface area contributed by atoms with Crippen molar-refractivity contribution < 1.29 is 18.1 Å². The van der Waals surface area contributed by atoms with E-state index in [1.165, 1.54) is 0 Å². The van der Waals surface area contributed by atoms with Crippen LogP contribution in [-0.4, -0.2) is 45.5 Å². The van der Waals surface area contributed by atoms with Gasteiger partial charge in [0.05, 0.1) is 6.54 Å². The van der Waals surface area contributed by atoms with Gasteiger partial charge in [-0.25, -0.2) is 8.78 Å². The third kappa shape index (κ3) is 3.91. The van der Waals surface area contributed by atoms with Crippen molar-refractivity contribution in [2.24, 2.45) is 5.92 Å². The van der Waals surface area contributed by atoms with Crippen molar-refractivity contribution in [1.29, 1.82) is 0 Å². The third-order valence-electron chi connectivity index (χ3n) is 4.98. The van der Waals surface area contributed by atoms with Crippen LogP contribution in [0.2, 0.25) is 0 Å². The number of nitrogens with zero attached hydrogens (tertiary/aromatic N) is 3. The zero-order chi connectivity index (χ0) is 17.3. The van der Waals surface area contributed by atoms with Crippen LogP contribution < -0.4 is 5.32 Å². The van der Waals surface area contributed by atoms with Crippen LogP contribution in [0.3, 0.4) is 0 Å². The molecule has 1 aliphatic carbocycles. The Kier molecular flexibility index (Phi) is 4.85. The van der Waals surface area contributed by atoms with Crippen LogP contribution >= 0.6 is 0 Å². The van der Waals surface area contributed by atoms with Crippen molar-refractivity contribution in [1.82, 2.24) is 20.4 Å². The van der Waals surface area contributed by atoms with Gasteiger partial charge < -0.3 is 9.84 Å². The largest absolute Gasteiger partial charge is 0.353 e. The van der Waals surface area contributed by atoms with Crippen molar-refractivity contribution in [2.75, 3.05) is 6.54 Å². The van der Waals surface area contributed by atoms with Crippen molar-refractivity contribution in [3.8, 4) is 0 Å². The molecule has 0 bridgehead atoms. The molecular weight excluding hydrogens is 318 g/mol. The molecule has 1 amide bonds. The number of carbonyl (C=O) groups excluding carboxylic acids is 1. The molecule has 2 unspecified atom stereocenters. The molecule has 24 heavy (non-hydrogen) atoms. The van der Waals surface area contributed by atoms with Gasteiger partial charge in [-0.3, -0.25) is 9.69 Å². The van der Waals surface area contributed by atoms with E-state index in [9.17, 15) is 13.6 Å². The minimum absolute atomic E-state index is 0.0504. The number of hydrogen-bond donors (Lipinski definition) is 1. The van der Waals surface area contributed by atoms with Crippen LogP contribution in [0.25, 0.3) is 0 Å². The number of piperidine rings is 1. The highest BCUT2D eigenvalue weighted by Gasteiger charge is 2.49. The van der Waals surface area contributed by atoms with Gasteiger partial charge in [-0.05, 0) is 19.8 Å². The zero-order valence-corrected chi connectivity index (χ0v) is 14.1. The topological polar surface area (TPSA) is 71.3 Å². The third-order valence-corrected chi connectivity index (χ3v) is 4.98. The fourth-order valence-corrected chi connectivity index (χ4v) is 3.43. The van der Waals surface area contributed by atoms with Crippen LogP contribution in [0.15, 0.2) is 4.52 Å². The lowest BCUT2D eigenvalue weighted by Crippen LogP contribution is -2.52. The number of hydrogen-bond acceptors (Lipinski definition) is 5. The first-order valence-electron chi connectivity index (χ1n) is 8.60. The molecule has 1 saturated carbocycles. The standard InChI is InChI=1S/C16H24F2N4O2/c1-3-14-20-13(21-24-14)9-22-5-4-12(6-10(22)2)19-15(23)11-7-16(17,18)8-11/h10-12H,3-9H2,1-2H3,(H,19,23). The predicted octanol–water partition coefficient (Wildman–Crippen LogP) is 2.15. The number of nitrogens with one attached hydrogen (secondary N) is 1. The maximum Gasteiger partial charge on any atom is 0.249 e. The van der Waals surface area contributed by atoms with E-state index >= 15 is 0 Å². The Bertz CT molecular complexity index is 584. The summed E-state index contributed by atoms with van der Waals surface area (Å²) in [6.07, 6.45) is 1.69. The van der Waals surface area contributed by atoms with Crippen LogP contribution in [0, 0.1) is 5.92 Å². The monoisotopic (exact) mass is 342 g/mol. The molecule has 2 aliphatic rings. The normalized spacial score (nSPS) is 27.7. The Hall–Kier alpha value is -1.57. The van der Waals surface area contributed by atoms with E-state index < -0.39 is 11.8 Å². The highest BCUT2D eigenvalue weighted by Crippen LogP contribution is 2.42. The first-order chi connectivity index (χ1) is 11.4. The second-order valence-electron chi connectivity index (χ2n) is 6.97. The van der Waals surface area contributed by atoms with Gasteiger partial charge in [0.1, 0.15) is 0 Å². The summed E-state index contributed by atoms with van der Waals surface area (Å²) in [5.41, 5.74) is 0. The van der Waals surface area contributed by atoms with Crippen LogP contribution in [0.5, 0.6) is 0 Å². The molecule has 1 aromatic heterocycles. The molecule has 8 heteroatoms. The lowest BCUT2D eigenvalue weighted by molar-refractivity contribution is -0.151. The fraction of sp³-hybridized carbons (Fsp3) is 0.812. The molecule has 134 valence electrons. The van der Waals surface area contributed by atoms with Gasteiger partial charge in [0.25, 0.3) is 0 Å². The average Bonchev–Trinajstić information content (AvgIpc) is 2.95. The lowest BCUT2D eigenvalue weighted by Gasteiger charge is -2.39. The van der Waals surface area contributed by atoms with Crippen molar-refractivity contribution >= 4 is 5.91 Å². The molecule has 3 rings (SSSR count). The number of rotatable bonds is 5. The first-order valence-corrected chi connectivity index (χ1v) is 8.60. The summed E-state index contributed by atoms with van der Waals surface area (Å²) >= 11 is 0. The number of amides is 1. The summed E-state index contributed by atoms with van der Waals surface area (Å²) in [6.45, 7) is 5.49. The molecule has 0 spiro atoms. The predicted molar refractivity (Wildman–Crippen MR) is 82.4 cm³/mol. The minimum Gasteiger partial charge on any atom is -0.353 e. The van der Waals surface area contributed by atoms with Gasteiger partial charge in [-0.15, -0.1) is 0 Å². The Morgan fingerprint density at radius 2 is 2.21 bits per heavy atom. The molecular formula is C16H24F2N4O2. The van der Waals surface area contributed by atoms with E-state index in [2.05, 4.69) is 27.3 Å². The summed E-state index contributed by atoms with van der Waals surface area (Å²) < 4.78 is 30.9. The van der Waals surface area contributed by atoms with Gasteiger partial charge in [-0.1, -0.05) is 12.1 Å². The average molecular weight is 342 g/mol. The van der Waals surface area contributed by atoms with Gasteiger partial charge in [0, 0.05) is 43.8 Å². The minimum atomic E-state index is -2.65. The van der Waals surface area contributed by atoms with Gasteiger partial charge in [-0.2, -0.15) is 4.98 Å². The highest BCUT2D eigenvalue weighted by molar-refractivity contribution is 5.80. The molecule has 1 saturated heterocycles. The van der Waals surface area contributed by atoms with Crippen LogP contribution in [0.4, 0.5) is 8.78 Å². The molecule has 1 aromatic rings. The quantitative estimate of drug-likeness (QED) is 0.888. The van der Waals surface area contributed by atoms with E-state index in [1.54, 1.807) is 0 Å². The number of carbonyl (C=O) groups is 1. The zero-order valence-electron chi connectivity index (χ0n) is 14.1. The first kappa shape index (κ1) is 17.3. The van der Waals surface area contributed by atoms with E-state index in [1.807, 2.05) is 6.92 Å². The Labute approximate surface area is 140 Å². The molecule has 0 aromatic carbocycles. The maximum absolute atomic E-state index is 12.9. The van der Waals surface area contributed by atoms with E-state index in [4.69, 9.17) is 4.52 Å². The summed E-state index contributed by atoms with van der Waals surface area (Å²) in [5.74, 6) is -2.09. The summed E-state index contributed by atoms with van der Waals surface area (Å²) in [7, 11) is 0. The maximum atomic E-state index is 12.9. The van der Waals surface area contributed by atoms with Crippen molar-refractivity contribution in [3.05, 3.63) is 11.7 Å². The van der Waals surface area contributed by atoms with E-state index in [0.717, 1.165) is 25.8 Å².